The molecule has 0 saturated heterocycles. The van der Waals surface area contributed by atoms with Crippen LogP contribution in [-0.2, 0) is 27.6 Å². The van der Waals surface area contributed by atoms with E-state index >= 15 is 0 Å². The third-order valence-electron chi connectivity index (χ3n) is 6.00. The number of sulfone groups is 1. The SMILES string of the molecule is CCc1ccc(NC(=O)Cn2c(=O)c(S(=O)(=O)c3ccc(C)c(C)c3)cc3ccccc32)cc1. The molecule has 1 heterocycles. The second-order valence-corrected chi connectivity index (χ2v) is 10.2. The molecule has 174 valence electrons. The molecule has 34 heavy (non-hydrogen) atoms. The molecule has 0 saturated carbocycles. The number of amides is 1. The van der Waals surface area contributed by atoms with Crippen LogP contribution in [0.2, 0.25) is 0 Å². The number of carbonyl (C=O) groups excluding carboxylic acids is 1. The Morgan fingerprint density at radius 1 is 0.912 bits per heavy atom. The Labute approximate surface area is 198 Å². The number of anilines is 1. The molecule has 1 N–H and O–H groups in total. The van der Waals surface area contributed by atoms with Crippen LogP contribution in [0.1, 0.15) is 23.6 Å². The number of benzene rings is 3. The molecule has 0 aliphatic heterocycles. The first-order valence-electron chi connectivity index (χ1n) is 11.0. The molecular formula is C27H26N2O4S. The fraction of sp³-hybridized carbons (Fsp3) is 0.185. The molecule has 0 fully saturated rings. The van der Waals surface area contributed by atoms with Gasteiger partial charge in [0.1, 0.15) is 11.4 Å². The number of aromatic nitrogens is 1. The van der Waals surface area contributed by atoms with Gasteiger partial charge in [0, 0.05) is 5.69 Å². The molecular weight excluding hydrogens is 448 g/mol. The highest BCUT2D eigenvalue weighted by Crippen LogP contribution is 2.24. The molecule has 7 heteroatoms. The lowest BCUT2D eigenvalue weighted by molar-refractivity contribution is -0.116. The van der Waals surface area contributed by atoms with Gasteiger partial charge in [-0.25, -0.2) is 8.42 Å². The van der Waals surface area contributed by atoms with Gasteiger partial charge in [0.25, 0.3) is 5.56 Å². The molecule has 1 amide bonds. The van der Waals surface area contributed by atoms with E-state index in [1.165, 1.54) is 16.7 Å². The van der Waals surface area contributed by atoms with Crippen molar-refractivity contribution in [2.45, 2.75) is 43.5 Å². The van der Waals surface area contributed by atoms with Crippen molar-refractivity contribution in [2.24, 2.45) is 0 Å². The lowest BCUT2D eigenvalue weighted by Gasteiger charge is -2.14. The molecule has 0 bridgehead atoms. The van der Waals surface area contributed by atoms with Crippen LogP contribution in [0.15, 0.2) is 87.4 Å². The van der Waals surface area contributed by atoms with E-state index in [-0.39, 0.29) is 16.3 Å². The van der Waals surface area contributed by atoms with E-state index in [0.29, 0.717) is 16.6 Å². The maximum absolute atomic E-state index is 13.4. The summed E-state index contributed by atoms with van der Waals surface area (Å²) >= 11 is 0. The summed E-state index contributed by atoms with van der Waals surface area (Å²) in [4.78, 5) is 26.0. The van der Waals surface area contributed by atoms with E-state index in [1.807, 2.05) is 32.9 Å². The van der Waals surface area contributed by atoms with E-state index in [1.54, 1.807) is 48.5 Å². The summed E-state index contributed by atoms with van der Waals surface area (Å²) < 4.78 is 28.1. The Bertz CT molecular complexity index is 1550. The fourth-order valence-corrected chi connectivity index (χ4v) is 5.28. The predicted molar refractivity (Wildman–Crippen MR) is 134 cm³/mol. The monoisotopic (exact) mass is 474 g/mol. The third-order valence-corrected chi connectivity index (χ3v) is 7.74. The summed E-state index contributed by atoms with van der Waals surface area (Å²) in [6.45, 7) is 5.45. The van der Waals surface area contributed by atoms with Crippen molar-refractivity contribution in [1.29, 1.82) is 0 Å². The van der Waals surface area contributed by atoms with Crippen molar-refractivity contribution in [3.05, 3.63) is 99.8 Å². The predicted octanol–water partition coefficient (Wildman–Crippen LogP) is 4.65. The zero-order chi connectivity index (χ0) is 24.5. The molecule has 4 rings (SSSR count). The van der Waals surface area contributed by atoms with Gasteiger partial charge in [-0.1, -0.05) is 43.3 Å². The van der Waals surface area contributed by atoms with Gasteiger partial charge in [0.2, 0.25) is 15.7 Å². The number of carbonyl (C=O) groups is 1. The van der Waals surface area contributed by atoms with Crippen molar-refractivity contribution < 1.29 is 13.2 Å². The van der Waals surface area contributed by atoms with E-state index in [9.17, 15) is 18.0 Å². The van der Waals surface area contributed by atoms with E-state index < -0.39 is 21.3 Å². The Morgan fingerprint density at radius 2 is 1.62 bits per heavy atom. The molecule has 0 atom stereocenters. The summed E-state index contributed by atoms with van der Waals surface area (Å²) in [6.07, 6.45) is 0.886. The van der Waals surface area contributed by atoms with Crippen LogP contribution in [0.3, 0.4) is 0 Å². The van der Waals surface area contributed by atoms with Gasteiger partial charge < -0.3 is 5.32 Å². The molecule has 0 unspecified atom stereocenters. The molecule has 1 aromatic heterocycles. The Kier molecular flexibility index (Phi) is 6.39. The number of nitrogens with one attached hydrogen (secondary N) is 1. The minimum absolute atomic E-state index is 0.0509. The number of hydrogen-bond acceptors (Lipinski definition) is 4. The molecule has 6 nitrogen and oxygen atoms in total. The van der Waals surface area contributed by atoms with Gasteiger partial charge in [-0.15, -0.1) is 0 Å². The number of hydrogen-bond donors (Lipinski definition) is 1. The number of nitrogens with zero attached hydrogens (tertiary/aromatic N) is 1. The van der Waals surface area contributed by atoms with Gasteiger partial charge in [-0.2, -0.15) is 0 Å². The van der Waals surface area contributed by atoms with Crippen LogP contribution in [0.4, 0.5) is 5.69 Å². The topological polar surface area (TPSA) is 85.2 Å². The van der Waals surface area contributed by atoms with Crippen LogP contribution in [0.25, 0.3) is 10.9 Å². The van der Waals surface area contributed by atoms with Crippen LogP contribution >= 0.6 is 0 Å². The first-order valence-corrected chi connectivity index (χ1v) is 12.5. The molecule has 0 radical (unpaired) electrons. The van der Waals surface area contributed by atoms with Crippen molar-refractivity contribution in [3.63, 3.8) is 0 Å². The van der Waals surface area contributed by atoms with Crippen molar-refractivity contribution in [3.8, 4) is 0 Å². The average Bonchev–Trinajstić information content (AvgIpc) is 2.82. The standard InChI is InChI=1S/C27H26N2O4S/c1-4-20-10-12-22(13-11-20)28-26(30)17-29-24-8-6-5-7-21(24)16-25(27(29)31)34(32,33)23-14-9-18(2)19(3)15-23/h5-16H,4,17H2,1-3H3,(H,28,30). The van der Waals surface area contributed by atoms with Gasteiger partial charge in [-0.3, -0.25) is 14.2 Å². The van der Waals surface area contributed by atoms with E-state index in [2.05, 4.69) is 5.32 Å². The number of para-hydroxylation sites is 1. The molecule has 0 aliphatic rings. The summed E-state index contributed by atoms with van der Waals surface area (Å²) in [5.41, 5.74) is 3.29. The quantitative estimate of drug-likeness (QED) is 0.441. The number of rotatable bonds is 6. The Balaban J connectivity index is 1.77. The highest BCUT2D eigenvalue weighted by atomic mass is 32.2. The van der Waals surface area contributed by atoms with Crippen molar-refractivity contribution in [1.82, 2.24) is 4.57 Å². The van der Waals surface area contributed by atoms with Crippen molar-refractivity contribution >= 4 is 32.3 Å². The van der Waals surface area contributed by atoms with Crippen LogP contribution in [0, 0.1) is 13.8 Å². The van der Waals surface area contributed by atoms with Crippen LogP contribution in [-0.4, -0.2) is 18.9 Å². The maximum atomic E-state index is 13.4. The highest BCUT2D eigenvalue weighted by Gasteiger charge is 2.25. The summed E-state index contributed by atoms with van der Waals surface area (Å²) in [7, 11) is -4.09. The Hall–Kier alpha value is -3.71. The zero-order valence-corrected chi connectivity index (χ0v) is 20.1. The highest BCUT2D eigenvalue weighted by molar-refractivity contribution is 7.91. The normalized spacial score (nSPS) is 11.5. The van der Waals surface area contributed by atoms with Gasteiger partial charge in [0.05, 0.1) is 10.4 Å². The van der Waals surface area contributed by atoms with Gasteiger partial charge in [0.15, 0.2) is 0 Å². The first-order chi connectivity index (χ1) is 16.2. The van der Waals surface area contributed by atoms with Crippen molar-refractivity contribution in [2.75, 3.05) is 5.32 Å². The summed E-state index contributed by atoms with van der Waals surface area (Å²) in [5, 5.41) is 3.35. The van der Waals surface area contributed by atoms with Gasteiger partial charge >= 0.3 is 0 Å². The smallest absolute Gasteiger partial charge is 0.270 e. The molecule has 3 aromatic carbocycles. The number of fused-ring (bicyclic) bond motifs is 1. The third kappa shape index (κ3) is 4.52. The molecule has 0 spiro atoms. The lowest BCUT2D eigenvalue weighted by Crippen LogP contribution is -2.31. The minimum atomic E-state index is -4.09. The zero-order valence-electron chi connectivity index (χ0n) is 19.3. The second kappa shape index (κ2) is 9.27. The van der Waals surface area contributed by atoms with Crippen LogP contribution in [0.5, 0.6) is 0 Å². The Morgan fingerprint density at radius 3 is 2.29 bits per heavy atom. The largest absolute Gasteiger partial charge is 0.325 e. The second-order valence-electron chi connectivity index (χ2n) is 8.31. The molecule has 0 aliphatic carbocycles. The van der Waals surface area contributed by atoms with E-state index in [0.717, 1.165) is 23.1 Å². The maximum Gasteiger partial charge on any atom is 0.270 e. The summed E-state index contributed by atoms with van der Waals surface area (Å²) in [5.74, 6) is -0.419. The number of pyridine rings is 1. The number of aryl methyl sites for hydroxylation is 3. The fourth-order valence-electron chi connectivity index (χ4n) is 3.83. The van der Waals surface area contributed by atoms with Crippen LogP contribution < -0.4 is 10.9 Å². The lowest BCUT2D eigenvalue weighted by atomic mass is 10.1. The van der Waals surface area contributed by atoms with E-state index in [4.69, 9.17) is 0 Å². The minimum Gasteiger partial charge on any atom is -0.325 e. The molecule has 4 aromatic rings. The van der Waals surface area contributed by atoms with Gasteiger partial charge in [-0.05, 0) is 78.7 Å². The first kappa shape index (κ1) is 23.4. The average molecular weight is 475 g/mol. The summed E-state index contributed by atoms with van der Waals surface area (Å²) in [6, 6.07) is 20.6.